The second-order valence-corrected chi connectivity index (χ2v) is 5.72. The molecule has 8 heteroatoms. The molecule has 0 fully saturated rings. The molecule has 0 bridgehead atoms. The number of benzene rings is 2. The van der Waals surface area contributed by atoms with Gasteiger partial charge in [0.2, 0.25) is 0 Å². The average molecular weight is 367 g/mol. The Balaban J connectivity index is 1.94. The molecule has 0 amide bonds. The predicted molar refractivity (Wildman–Crippen MR) is 97.7 cm³/mol. The molecule has 27 heavy (non-hydrogen) atoms. The first-order chi connectivity index (χ1) is 13.0. The Morgan fingerprint density at radius 1 is 0.852 bits per heavy atom. The number of rotatable bonds is 6. The highest BCUT2D eigenvalue weighted by atomic mass is 16.6. The van der Waals surface area contributed by atoms with Crippen molar-refractivity contribution >= 4 is 5.69 Å². The molecule has 2 aromatic carbocycles. The SMILES string of the molecule is COc1ccc(Oc2ncnc(Oc3ccc(C)c(C)c3)c2[N+](=O)[O-])cc1. The van der Waals surface area contributed by atoms with E-state index in [-0.39, 0.29) is 11.8 Å². The molecule has 0 saturated carbocycles. The molecule has 0 saturated heterocycles. The van der Waals surface area contributed by atoms with E-state index in [1.54, 1.807) is 43.5 Å². The Labute approximate surface area is 155 Å². The molecule has 0 unspecified atom stereocenters. The fourth-order valence-corrected chi connectivity index (χ4v) is 2.30. The minimum Gasteiger partial charge on any atom is -0.497 e. The van der Waals surface area contributed by atoms with Gasteiger partial charge in [-0.25, -0.2) is 0 Å². The van der Waals surface area contributed by atoms with Crippen LogP contribution in [0.25, 0.3) is 0 Å². The predicted octanol–water partition coefficient (Wildman–Crippen LogP) is 4.59. The number of methoxy groups -OCH3 is 1. The second-order valence-electron chi connectivity index (χ2n) is 5.72. The molecule has 0 aliphatic rings. The van der Waals surface area contributed by atoms with Gasteiger partial charge in [-0.2, -0.15) is 9.97 Å². The van der Waals surface area contributed by atoms with E-state index in [2.05, 4.69) is 9.97 Å². The maximum Gasteiger partial charge on any atom is 0.393 e. The molecule has 0 radical (unpaired) electrons. The van der Waals surface area contributed by atoms with E-state index in [1.165, 1.54) is 0 Å². The van der Waals surface area contributed by atoms with Crippen molar-refractivity contribution in [1.29, 1.82) is 0 Å². The maximum atomic E-state index is 11.6. The number of hydrogen-bond donors (Lipinski definition) is 0. The standard InChI is InChI=1S/C19H17N3O5/c1-12-4-5-16(10-13(12)2)27-19-17(22(23)24)18(20-11-21-19)26-15-8-6-14(25-3)7-9-15/h4-11H,1-3H3. The molecule has 0 aliphatic carbocycles. The Bertz CT molecular complexity index is 974. The lowest BCUT2D eigenvalue weighted by Gasteiger charge is -2.10. The van der Waals surface area contributed by atoms with Crippen LogP contribution in [0.5, 0.6) is 29.0 Å². The van der Waals surface area contributed by atoms with Gasteiger partial charge in [0.05, 0.1) is 12.0 Å². The van der Waals surface area contributed by atoms with Gasteiger partial charge in [-0.1, -0.05) is 6.07 Å². The molecule has 3 aromatic rings. The quantitative estimate of drug-likeness (QED) is 0.464. The zero-order valence-corrected chi connectivity index (χ0v) is 15.0. The fraction of sp³-hybridized carbons (Fsp3) is 0.158. The van der Waals surface area contributed by atoms with Crippen molar-refractivity contribution in [2.75, 3.05) is 7.11 Å². The van der Waals surface area contributed by atoms with Crippen LogP contribution in [0.1, 0.15) is 11.1 Å². The van der Waals surface area contributed by atoms with Crippen LogP contribution in [0.4, 0.5) is 5.69 Å². The third kappa shape index (κ3) is 4.12. The third-order valence-electron chi connectivity index (χ3n) is 3.90. The highest BCUT2D eigenvalue weighted by Crippen LogP contribution is 2.38. The Morgan fingerprint density at radius 3 is 1.96 bits per heavy atom. The zero-order chi connectivity index (χ0) is 19.4. The van der Waals surface area contributed by atoms with Crippen LogP contribution in [0.15, 0.2) is 48.8 Å². The van der Waals surface area contributed by atoms with Gasteiger partial charge in [-0.3, -0.25) is 10.1 Å². The number of nitro groups is 1. The van der Waals surface area contributed by atoms with E-state index >= 15 is 0 Å². The van der Waals surface area contributed by atoms with Crippen LogP contribution in [0.3, 0.4) is 0 Å². The van der Waals surface area contributed by atoms with Crippen LogP contribution in [0, 0.1) is 24.0 Å². The van der Waals surface area contributed by atoms with Crippen molar-refractivity contribution in [1.82, 2.24) is 9.97 Å². The van der Waals surface area contributed by atoms with Crippen LogP contribution in [-0.2, 0) is 0 Å². The van der Waals surface area contributed by atoms with Crippen LogP contribution >= 0.6 is 0 Å². The first-order valence-corrected chi connectivity index (χ1v) is 8.04. The van der Waals surface area contributed by atoms with Gasteiger partial charge in [0, 0.05) is 0 Å². The Morgan fingerprint density at radius 2 is 1.41 bits per heavy atom. The van der Waals surface area contributed by atoms with Crippen LogP contribution in [0.2, 0.25) is 0 Å². The van der Waals surface area contributed by atoms with Gasteiger partial charge in [-0.05, 0) is 61.4 Å². The zero-order valence-electron chi connectivity index (χ0n) is 15.0. The van der Waals surface area contributed by atoms with Crippen molar-refractivity contribution < 1.29 is 19.1 Å². The lowest BCUT2D eigenvalue weighted by atomic mass is 10.1. The number of aryl methyl sites for hydroxylation is 2. The summed E-state index contributed by atoms with van der Waals surface area (Å²) in [5.74, 6) is 1.05. The van der Waals surface area contributed by atoms with Crippen LogP contribution < -0.4 is 14.2 Å². The molecular weight excluding hydrogens is 350 g/mol. The van der Waals surface area contributed by atoms with E-state index in [9.17, 15) is 10.1 Å². The van der Waals surface area contributed by atoms with E-state index < -0.39 is 10.6 Å². The summed E-state index contributed by atoms with van der Waals surface area (Å²) in [5.41, 5.74) is 1.63. The van der Waals surface area contributed by atoms with Gasteiger partial charge in [-0.15, -0.1) is 0 Å². The average Bonchev–Trinajstić information content (AvgIpc) is 2.65. The summed E-state index contributed by atoms with van der Waals surface area (Å²) >= 11 is 0. The fourth-order valence-electron chi connectivity index (χ4n) is 2.30. The Kier molecular flexibility index (Phi) is 5.16. The van der Waals surface area contributed by atoms with Gasteiger partial charge in [0.25, 0.3) is 0 Å². The van der Waals surface area contributed by atoms with Crippen molar-refractivity contribution in [2.45, 2.75) is 13.8 Å². The smallest absolute Gasteiger partial charge is 0.393 e. The summed E-state index contributed by atoms with van der Waals surface area (Å²) in [5, 5.41) is 11.6. The van der Waals surface area contributed by atoms with Crippen molar-refractivity contribution in [3.8, 4) is 29.0 Å². The first kappa shape index (κ1) is 18.1. The first-order valence-electron chi connectivity index (χ1n) is 8.04. The van der Waals surface area contributed by atoms with Gasteiger partial charge < -0.3 is 14.2 Å². The lowest BCUT2D eigenvalue weighted by Crippen LogP contribution is -2.01. The minimum atomic E-state index is -0.630. The van der Waals surface area contributed by atoms with Crippen molar-refractivity contribution in [2.24, 2.45) is 0 Å². The highest BCUT2D eigenvalue weighted by Gasteiger charge is 2.27. The lowest BCUT2D eigenvalue weighted by molar-refractivity contribution is -0.387. The molecule has 0 atom stereocenters. The summed E-state index contributed by atoms with van der Waals surface area (Å²) in [4.78, 5) is 18.7. The molecule has 0 N–H and O–H groups in total. The summed E-state index contributed by atoms with van der Waals surface area (Å²) in [6.45, 7) is 3.89. The van der Waals surface area contributed by atoms with Gasteiger partial charge in [0.15, 0.2) is 0 Å². The van der Waals surface area contributed by atoms with E-state index in [0.717, 1.165) is 17.5 Å². The van der Waals surface area contributed by atoms with E-state index in [0.29, 0.717) is 17.2 Å². The van der Waals surface area contributed by atoms with E-state index in [1.807, 2.05) is 19.9 Å². The summed E-state index contributed by atoms with van der Waals surface area (Å²) in [7, 11) is 1.54. The highest BCUT2D eigenvalue weighted by molar-refractivity contribution is 5.52. The van der Waals surface area contributed by atoms with Crippen molar-refractivity contribution in [3.63, 3.8) is 0 Å². The number of aromatic nitrogens is 2. The second kappa shape index (κ2) is 7.69. The summed E-state index contributed by atoms with van der Waals surface area (Å²) in [6, 6.07) is 12.0. The molecule has 1 aromatic heterocycles. The summed E-state index contributed by atoms with van der Waals surface area (Å²) in [6.07, 6.45) is 1.15. The number of ether oxygens (including phenoxy) is 3. The largest absolute Gasteiger partial charge is 0.497 e. The molecule has 0 spiro atoms. The van der Waals surface area contributed by atoms with Gasteiger partial charge >= 0.3 is 17.4 Å². The third-order valence-corrected chi connectivity index (χ3v) is 3.90. The normalized spacial score (nSPS) is 10.3. The molecule has 8 nitrogen and oxygen atoms in total. The van der Waals surface area contributed by atoms with Crippen molar-refractivity contribution in [3.05, 3.63) is 70.0 Å². The van der Waals surface area contributed by atoms with E-state index in [4.69, 9.17) is 14.2 Å². The monoisotopic (exact) mass is 367 g/mol. The molecule has 0 aliphatic heterocycles. The molecular formula is C19H17N3O5. The minimum absolute atomic E-state index is 0.193. The molecule has 138 valence electrons. The van der Waals surface area contributed by atoms with Crippen LogP contribution in [-0.4, -0.2) is 22.0 Å². The maximum absolute atomic E-state index is 11.6. The molecule has 1 heterocycles. The number of nitrogens with zero attached hydrogens (tertiary/aromatic N) is 3. The van der Waals surface area contributed by atoms with Gasteiger partial charge in [0.1, 0.15) is 23.6 Å². The number of hydrogen-bond acceptors (Lipinski definition) is 7. The molecule has 3 rings (SSSR count). The topological polar surface area (TPSA) is 96.6 Å². The summed E-state index contributed by atoms with van der Waals surface area (Å²) < 4.78 is 16.3. The Hall–Kier alpha value is -3.68.